The molecule has 1 unspecified atom stereocenters. The number of piperidine rings is 1. The first-order valence-corrected chi connectivity index (χ1v) is 12.0. The number of carbonyl (C=O) groups is 2. The Labute approximate surface area is 173 Å². The first kappa shape index (κ1) is 21.7. The largest absolute Gasteiger partial charge is 0.468 e. The second-order valence-corrected chi connectivity index (χ2v) is 10.2. The van der Waals surface area contributed by atoms with Crippen LogP contribution in [0.3, 0.4) is 0 Å². The Morgan fingerprint density at radius 1 is 1.24 bits per heavy atom. The van der Waals surface area contributed by atoms with Crippen molar-refractivity contribution in [2.24, 2.45) is 4.99 Å². The van der Waals surface area contributed by atoms with Crippen molar-refractivity contribution < 1.29 is 22.7 Å². The number of hydrogen-bond acceptors (Lipinski definition) is 6. The Balaban J connectivity index is 2.11. The van der Waals surface area contributed by atoms with Crippen molar-refractivity contribution in [3.05, 3.63) is 28.1 Å². The molecule has 0 spiro atoms. The predicted molar refractivity (Wildman–Crippen MR) is 111 cm³/mol. The van der Waals surface area contributed by atoms with Gasteiger partial charge in [-0.05, 0) is 49.9 Å². The third-order valence-electron chi connectivity index (χ3n) is 5.18. The Morgan fingerprint density at radius 3 is 2.59 bits per heavy atom. The Hall–Kier alpha value is -2.04. The number of carbonyl (C=O) groups excluding carboxylic acids is 2. The van der Waals surface area contributed by atoms with Crippen molar-refractivity contribution in [2.45, 2.75) is 45.7 Å². The topological polar surface area (TPSA) is 98.0 Å². The number of rotatable bonds is 4. The number of esters is 1. The normalized spacial score (nSPS) is 18.9. The Morgan fingerprint density at radius 2 is 1.93 bits per heavy atom. The number of aromatic nitrogens is 1. The summed E-state index contributed by atoms with van der Waals surface area (Å²) >= 11 is 1.30. The van der Waals surface area contributed by atoms with E-state index in [1.54, 1.807) is 4.57 Å². The monoisotopic (exact) mass is 439 g/mol. The molecule has 2 aromatic rings. The minimum Gasteiger partial charge on any atom is -0.468 e. The summed E-state index contributed by atoms with van der Waals surface area (Å²) in [6, 6.07) is 3.14. The predicted octanol–water partition coefficient (Wildman–Crippen LogP) is 1.73. The van der Waals surface area contributed by atoms with Crippen LogP contribution >= 0.6 is 11.3 Å². The Kier molecular flexibility index (Phi) is 6.25. The van der Waals surface area contributed by atoms with Crippen LogP contribution in [0, 0.1) is 13.8 Å². The minimum atomic E-state index is -3.51. The smallest absolute Gasteiger partial charge is 0.325 e. The summed E-state index contributed by atoms with van der Waals surface area (Å²) in [6.07, 6.45) is 3.04. The van der Waals surface area contributed by atoms with E-state index in [9.17, 15) is 18.0 Å². The molecule has 1 amide bonds. The first-order valence-electron chi connectivity index (χ1n) is 9.34. The van der Waals surface area contributed by atoms with Crippen molar-refractivity contribution in [1.29, 1.82) is 0 Å². The van der Waals surface area contributed by atoms with Gasteiger partial charge in [0.05, 0.1) is 23.6 Å². The lowest BCUT2D eigenvalue weighted by Gasteiger charge is -2.31. The molecule has 1 aliphatic heterocycles. The first-order chi connectivity index (χ1) is 13.6. The van der Waals surface area contributed by atoms with Crippen molar-refractivity contribution in [1.82, 2.24) is 8.87 Å². The summed E-state index contributed by atoms with van der Waals surface area (Å²) < 4.78 is 32.8. The number of amides is 1. The van der Waals surface area contributed by atoms with Gasteiger partial charge in [-0.1, -0.05) is 17.8 Å². The van der Waals surface area contributed by atoms with E-state index in [0.717, 1.165) is 40.4 Å². The fraction of sp³-hybridized carbons (Fsp3) is 0.526. The van der Waals surface area contributed by atoms with Gasteiger partial charge in [-0.25, -0.2) is 8.42 Å². The zero-order chi connectivity index (χ0) is 21.3. The molecular weight excluding hydrogens is 414 g/mol. The number of sulfonamides is 1. The highest BCUT2D eigenvalue weighted by Crippen LogP contribution is 2.23. The SMILES string of the molecule is COC(=O)Cn1c(=NC(=O)C2CCCCN2S(C)(=O)=O)sc2cc(C)c(C)cc21. The van der Waals surface area contributed by atoms with Gasteiger partial charge in [0, 0.05) is 6.54 Å². The van der Waals surface area contributed by atoms with E-state index in [4.69, 9.17) is 4.74 Å². The average molecular weight is 440 g/mol. The van der Waals surface area contributed by atoms with Gasteiger partial charge in [0.1, 0.15) is 12.6 Å². The van der Waals surface area contributed by atoms with E-state index in [0.29, 0.717) is 17.8 Å². The molecule has 8 nitrogen and oxygen atoms in total. The highest BCUT2D eigenvalue weighted by atomic mass is 32.2. The van der Waals surface area contributed by atoms with Crippen LogP contribution in [0.1, 0.15) is 30.4 Å². The lowest BCUT2D eigenvalue weighted by molar-refractivity contribution is -0.141. The van der Waals surface area contributed by atoms with Crippen LogP contribution in [0.15, 0.2) is 17.1 Å². The zero-order valence-electron chi connectivity index (χ0n) is 17.0. The number of benzene rings is 1. The van der Waals surface area contributed by atoms with Crippen LogP contribution in [0.2, 0.25) is 0 Å². The van der Waals surface area contributed by atoms with Crippen LogP contribution in [0.4, 0.5) is 0 Å². The fourth-order valence-electron chi connectivity index (χ4n) is 3.47. The highest BCUT2D eigenvalue weighted by molar-refractivity contribution is 7.88. The van der Waals surface area contributed by atoms with Crippen LogP contribution in [-0.2, 0) is 30.9 Å². The molecule has 1 fully saturated rings. The van der Waals surface area contributed by atoms with Gasteiger partial charge in [-0.3, -0.25) is 9.59 Å². The molecule has 158 valence electrons. The van der Waals surface area contributed by atoms with Gasteiger partial charge in [0.25, 0.3) is 5.91 Å². The molecule has 0 saturated carbocycles. The third kappa shape index (κ3) is 4.59. The number of fused-ring (bicyclic) bond motifs is 1. The molecule has 2 heterocycles. The summed E-state index contributed by atoms with van der Waals surface area (Å²) in [5.41, 5.74) is 2.94. The molecule has 1 atom stereocenters. The molecule has 0 N–H and O–H groups in total. The Bertz CT molecular complexity index is 1130. The summed E-state index contributed by atoms with van der Waals surface area (Å²) in [7, 11) is -2.20. The van der Waals surface area contributed by atoms with E-state index in [1.165, 1.54) is 22.8 Å². The number of aryl methyl sites for hydroxylation is 2. The van der Waals surface area contributed by atoms with Crippen LogP contribution in [0.5, 0.6) is 0 Å². The highest BCUT2D eigenvalue weighted by Gasteiger charge is 2.34. The molecular formula is C19H25N3O5S2. The molecule has 3 rings (SSSR count). The minimum absolute atomic E-state index is 0.0778. The van der Waals surface area contributed by atoms with E-state index >= 15 is 0 Å². The second-order valence-electron chi connectivity index (χ2n) is 7.29. The maximum absolute atomic E-state index is 12.9. The molecule has 29 heavy (non-hydrogen) atoms. The quantitative estimate of drug-likeness (QED) is 0.676. The molecule has 10 heteroatoms. The number of nitrogens with zero attached hydrogens (tertiary/aromatic N) is 3. The van der Waals surface area contributed by atoms with Crippen molar-refractivity contribution in [3.63, 3.8) is 0 Å². The van der Waals surface area contributed by atoms with Crippen molar-refractivity contribution >= 4 is 43.5 Å². The average Bonchev–Trinajstić information content (AvgIpc) is 2.97. The van der Waals surface area contributed by atoms with Crippen LogP contribution < -0.4 is 4.80 Å². The van der Waals surface area contributed by atoms with Crippen molar-refractivity contribution in [2.75, 3.05) is 19.9 Å². The maximum atomic E-state index is 12.9. The van der Waals surface area contributed by atoms with Gasteiger partial charge in [0.2, 0.25) is 10.0 Å². The number of hydrogen-bond donors (Lipinski definition) is 0. The van der Waals surface area contributed by atoms with E-state index < -0.39 is 27.9 Å². The van der Waals surface area contributed by atoms with E-state index in [-0.39, 0.29) is 6.54 Å². The van der Waals surface area contributed by atoms with E-state index in [2.05, 4.69) is 4.99 Å². The van der Waals surface area contributed by atoms with Gasteiger partial charge >= 0.3 is 5.97 Å². The van der Waals surface area contributed by atoms with Crippen molar-refractivity contribution in [3.8, 4) is 0 Å². The van der Waals surface area contributed by atoms with Crippen LogP contribution in [0.25, 0.3) is 10.2 Å². The van der Waals surface area contributed by atoms with Gasteiger partial charge in [-0.2, -0.15) is 9.30 Å². The molecule has 1 saturated heterocycles. The molecule has 0 radical (unpaired) electrons. The summed E-state index contributed by atoms with van der Waals surface area (Å²) in [6.45, 7) is 4.21. The zero-order valence-corrected chi connectivity index (χ0v) is 18.6. The molecule has 1 aliphatic rings. The standard InChI is InChI=1S/C19H25N3O5S2/c1-12-9-15-16(10-13(12)2)28-19(21(15)11-17(23)27-3)20-18(24)14-7-5-6-8-22(14)29(4,25)26/h9-10,14H,5-8,11H2,1-4H3. The lowest BCUT2D eigenvalue weighted by Crippen LogP contribution is -2.47. The molecule has 1 aromatic heterocycles. The molecule has 0 aliphatic carbocycles. The third-order valence-corrected chi connectivity index (χ3v) is 7.51. The van der Waals surface area contributed by atoms with Gasteiger partial charge < -0.3 is 9.30 Å². The lowest BCUT2D eigenvalue weighted by atomic mass is 10.0. The second kappa shape index (κ2) is 8.37. The van der Waals surface area contributed by atoms with Gasteiger partial charge in [0.15, 0.2) is 4.80 Å². The van der Waals surface area contributed by atoms with Gasteiger partial charge in [-0.15, -0.1) is 0 Å². The molecule has 0 bridgehead atoms. The number of ether oxygens (including phenoxy) is 1. The molecule has 1 aromatic carbocycles. The summed E-state index contributed by atoms with van der Waals surface area (Å²) in [5, 5.41) is 0. The van der Waals surface area contributed by atoms with E-state index in [1.807, 2.05) is 26.0 Å². The number of methoxy groups -OCH3 is 1. The summed E-state index contributed by atoms with van der Waals surface area (Å²) in [4.78, 5) is 29.5. The van der Waals surface area contributed by atoms with Crippen LogP contribution in [-0.4, -0.2) is 55.1 Å². The fourth-order valence-corrected chi connectivity index (χ4v) is 5.70. The number of thiazole rings is 1. The maximum Gasteiger partial charge on any atom is 0.325 e. The summed E-state index contributed by atoms with van der Waals surface area (Å²) in [5.74, 6) is -0.957.